The van der Waals surface area contributed by atoms with Gasteiger partial charge in [0.25, 0.3) is 0 Å². The van der Waals surface area contributed by atoms with Gasteiger partial charge in [-0.1, -0.05) is 12.8 Å². The average molecular weight is 225 g/mol. The zero-order chi connectivity index (χ0) is 11.5. The summed E-state index contributed by atoms with van der Waals surface area (Å²) in [6.45, 7) is 1.92. The minimum Gasteiger partial charge on any atom is -0.368 e. The molecule has 1 amide bonds. The molecule has 0 bridgehead atoms. The first-order chi connectivity index (χ1) is 7.72. The van der Waals surface area contributed by atoms with E-state index in [2.05, 4.69) is 10.2 Å². The van der Waals surface area contributed by atoms with Crippen molar-refractivity contribution in [2.75, 3.05) is 20.1 Å². The van der Waals surface area contributed by atoms with E-state index in [0.29, 0.717) is 6.04 Å². The van der Waals surface area contributed by atoms with Crippen LogP contribution in [0.3, 0.4) is 0 Å². The predicted molar refractivity (Wildman–Crippen MR) is 64.0 cm³/mol. The molecule has 3 N–H and O–H groups in total. The van der Waals surface area contributed by atoms with Crippen LogP contribution < -0.4 is 11.1 Å². The van der Waals surface area contributed by atoms with E-state index in [-0.39, 0.29) is 11.9 Å². The Morgan fingerprint density at radius 2 is 2.19 bits per heavy atom. The van der Waals surface area contributed by atoms with Gasteiger partial charge in [0.05, 0.1) is 6.04 Å². The Balaban J connectivity index is 1.92. The van der Waals surface area contributed by atoms with Crippen LogP contribution in [0.5, 0.6) is 0 Å². The standard InChI is InChI=1S/C12H23N3O/c1-14-10(12(13)16)8-15-7-6-9-4-2-3-5-11(9)15/h9-11,14H,2-8H2,1H3,(H2,13,16). The molecule has 4 heteroatoms. The molecular formula is C12H23N3O. The normalized spacial score (nSPS) is 32.3. The van der Waals surface area contributed by atoms with Gasteiger partial charge in [0.2, 0.25) is 5.91 Å². The fourth-order valence-electron chi connectivity index (χ4n) is 3.29. The summed E-state index contributed by atoms with van der Waals surface area (Å²) in [4.78, 5) is 13.7. The van der Waals surface area contributed by atoms with E-state index in [1.54, 1.807) is 0 Å². The first kappa shape index (κ1) is 11.9. The van der Waals surface area contributed by atoms with Crippen molar-refractivity contribution in [2.45, 2.75) is 44.2 Å². The topological polar surface area (TPSA) is 58.4 Å². The van der Waals surface area contributed by atoms with Crippen LogP contribution in [-0.4, -0.2) is 43.0 Å². The van der Waals surface area contributed by atoms with Crippen molar-refractivity contribution in [3.63, 3.8) is 0 Å². The summed E-state index contributed by atoms with van der Waals surface area (Å²) in [6, 6.07) is 0.518. The van der Waals surface area contributed by atoms with Gasteiger partial charge in [0.15, 0.2) is 0 Å². The number of likely N-dealkylation sites (N-methyl/N-ethyl adjacent to an activating group) is 1. The molecule has 0 aromatic heterocycles. The third-order valence-corrected chi connectivity index (χ3v) is 4.23. The first-order valence-corrected chi connectivity index (χ1v) is 6.43. The lowest BCUT2D eigenvalue weighted by molar-refractivity contribution is -0.120. The fourth-order valence-corrected chi connectivity index (χ4v) is 3.29. The van der Waals surface area contributed by atoms with Crippen molar-refractivity contribution in [3.8, 4) is 0 Å². The number of hydrogen-bond donors (Lipinski definition) is 2. The molecule has 0 aromatic rings. The summed E-state index contributed by atoms with van der Waals surface area (Å²) in [5, 5.41) is 3.01. The minimum absolute atomic E-state index is 0.194. The van der Waals surface area contributed by atoms with E-state index in [4.69, 9.17) is 5.73 Å². The van der Waals surface area contributed by atoms with E-state index >= 15 is 0 Å². The van der Waals surface area contributed by atoms with Crippen molar-refractivity contribution < 1.29 is 4.79 Å². The van der Waals surface area contributed by atoms with Gasteiger partial charge in [-0.3, -0.25) is 9.69 Å². The lowest BCUT2D eigenvalue weighted by Crippen LogP contribution is -2.49. The maximum Gasteiger partial charge on any atom is 0.235 e. The van der Waals surface area contributed by atoms with E-state index in [0.717, 1.165) is 19.0 Å². The number of nitrogens with zero attached hydrogens (tertiary/aromatic N) is 1. The van der Waals surface area contributed by atoms with Gasteiger partial charge in [-0.2, -0.15) is 0 Å². The van der Waals surface area contributed by atoms with Crippen molar-refractivity contribution >= 4 is 5.91 Å². The van der Waals surface area contributed by atoms with Gasteiger partial charge in [-0.25, -0.2) is 0 Å². The number of likely N-dealkylation sites (tertiary alicyclic amines) is 1. The lowest BCUT2D eigenvalue weighted by Gasteiger charge is -2.33. The van der Waals surface area contributed by atoms with E-state index in [9.17, 15) is 4.79 Å². The number of nitrogens with one attached hydrogen (secondary N) is 1. The fraction of sp³-hybridized carbons (Fsp3) is 0.917. The highest BCUT2D eigenvalue weighted by atomic mass is 16.1. The van der Waals surface area contributed by atoms with Gasteiger partial charge >= 0.3 is 0 Å². The number of carbonyl (C=O) groups is 1. The van der Waals surface area contributed by atoms with Crippen LogP contribution in [0.2, 0.25) is 0 Å². The molecule has 0 aromatic carbocycles. The summed E-state index contributed by atoms with van der Waals surface area (Å²) in [5.74, 6) is 0.640. The lowest BCUT2D eigenvalue weighted by atomic mass is 9.85. The molecule has 1 heterocycles. The van der Waals surface area contributed by atoms with Crippen molar-refractivity contribution in [1.82, 2.24) is 10.2 Å². The van der Waals surface area contributed by atoms with Crippen LogP contribution >= 0.6 is 0 Å². The number of primary amides is 1. The average Bonchev–Trinajstić information content (AvgIpc) is 2.69. The van der Waals surface area contributed by atoms with Crippen molar-refractivity contribution in [2.24, 2.45) is 11.7 Å². The summed E-state index contributed by atoms with van der Waals surface area (Å²) in [5.41, 5.74) is 5.37. The number of carbonyl (C=O) groups excluding carboxylic acids is 1. The molecule has 92 valence electrons. The quantitative estimate of drug-likeness (QED) is 0.724. The molecular weight excluding hydrogens is 202 g/mol. The molecule has 0 spiro atoms. The number of hydrogen-bond acceptors (Lipinski definition) is 3. The first-order valence-electron chi connectivity index (χ1n) is 6.43. The van der Waals surface area contributed by atoms with Crippen LogP contribution in [-0.2, 0) is 4.79 Å². The van der Waals surface area contributed by atoms with E-state index in [1.807, 2.05) is 7.05 Å². The highest BCUT2D eigenvalue weighted by Crippen LogP contribution is 2.35. The Morgan fingerprint density at radius 1 is 1.44 bits per heavy atom. The third kappa shape index (κ3) is 2.38. The second-order valence-corrected chi connectivity index (χ2v) is 5.14. The highest BCUT2D eigenvalue weighted by molar-refractivity contribution is 5.80. The molecule has 3 atom stereocenters. The molecule has 1 saturated carbocycles. The Kier molecular flexibility index (Phi) is 3.82. The third-order valence-electron chi connectivity index (χ3n) is 4.23. The summed E-state index contributed by atoms with van der Waals surface area (Å²) in [6.07, 6.45) is 6.72. The monoisotopic (exact) mass is 225 g/mol. The highest BCUT2D eigenvalue weighted by Gasteiger charge is 2.36. The molecule has 1 aliphatic carbocycles. The maximum absolute atomic E-state index is 11.2. The minimum atomic E-state index is -0.234. The summed E-state index contributed by atoms with van der Waals surface area (Å²) >= 11 is 0. The number of rotatable bonds is 4. The molecule has 1 aliphatic heterocycles. The molecule has 2 rings (SSSR count). The summed E-state index contributed by atoms with van der Waals surface area (Å²) < 4.78 is 0. The zero-order valence-corrected chi connectivity index (χ0v) is 10.1. The second-order valence-electron chi connectivity index (χ2n) is 5.14. The molecule has 2 fully saturated rings. The van der Waals surface area contributed by atoms with Gasteiger partial charge < -0.3 is 11.1 Å². The Hall–Kier alpha value is -0.610. The summed E-state index contributed by atoms with van der Waals surface area (Å²) in [7, 11) is 1.81. The van der Waals surface area contributed by atoms with Crippen molar-refractivity contribution in [3.05, 3.63) is 0 Å². The Labute approximate surface area is 97.6 Å². The number of amides is 1. The largest absolute Gasteiger partial charge is 0.368 e. The van der Waals surface area contributed by atoms with Crippen LogP contribution in [0.1, 0.15) is 32.1 Å². The predicted octanol–water partition coefficient (Wildman–Crippen LogP) is 0.324. The molecule has 2 aliphatic rings. The van der Waals surface area contributed by atoms with E-state index in [1.165, 1.54) is 32.1 Å². The number of fused-ring (bicyclic) bond motifs is 1. The second kappa shape index (κ2) is 5.15. The van der Waals surface area contributed by atoms with E-state index < -0.39 is 0 Å². The molecule has 0 radical (unpaired) electrons. The molecule has 1 saturated heterocycles. The SMILES string of the molecule is CNC(CN1CCC2CCCCC21)C(N)=O. The van der Waals surface area contributed by atoms with Crippen LogP contribution in [0, 0.1) is 5.92 Å². The van der Waals surface area contributed by atoms with Crippen LogP contribution in [0.25, 0.3) is 0 Å². The Morgan fingerprint density at radius 3 is 2.88 bits per heavy atom. The molecule has 3 unspecified atom stereocenters. The Bertz CT molecular complexity index is 257. The van der Waals surface area contributed by atoms with Gasteiger partial charge in [0, 0.05) is 12.6 Å². The van der Waals surface area contributed by atoms with Crippen LogP contribution in [0.15, 0.2) is 0 Å². The van der Waals surface area contributed by atoms with Crippen molar-refractivity contribution in [1.29, 1.82) is 0 Å². The van der Waals surface area contributed by atoms with Gasteiger partial charge in [0.1, 0.15) is 0 Å². The maximum atomic E-state index is 11.2. The van der Waals surface area contributed by atoms with Gasteiger partial charge in [-0.05, 0) is 38.8 Å². The van der Waals surface area contributed by atoms with Crippen LogP contribution in [0.4, 0.5) is 0 Å². The zero-order valence-electron chi connectivity index (χ0n) is 10.1. The number of nitrogens with two attached hydrogens (primary N) is 1. The molecule has 16 heavy (non-hydrogen) atoms. The molecule has 4 nitrogen and oxygen atoms in total. The van der Waals surface area contributed by atoms with Gasteiger partial charge in [-0.15, -0.1) is 0 Å². The smallest absolute Gasteiger partial charge is 0.235 e.